The molecule has 2 aromatic rings. The number of carbonyl (C=O) groups excluding carboxylic acids is 1. The van der Waals surface area contributed by atoms with E-state index in [1.807, 2.05) is 12.1 Å². The van der Waals surface area contributed by atoms with Crippen LogP contribution in [0, 0.1) is 0 Å². The molecule has 0 fully saturated rings. The van der Waals surface area contributed by atoms with Gasteiger partial charge in [-0.3, -0.25) is 4.79 Å². The van der Waals surface area contributed by atoms with Crippen LogP contribution < -0.4 is 24.3 Å². The number of nitrogens with one attached hydrogen (secondary N) is 1. The van der Waals surface area contributed by atoms with Crippen molar-refractivity contribution < 1.29 is 23.7 Å². The summed E-state index contributed by atoms with van der Waals surface area (Å²) in [6, 6.07) is 10.6. The molecule has 26 heavy (non-hydrogen) atoms. The molecule has 7 heteroatoms. The van der Waals surface area contributed by atoms with Crippen LogP contribution in [0.2, 0.25) is 5.02 Å². The number of para-hydroxylation sites is 2. The van der Waals surface area contributed by atoms with Gasteiger partial charge < -0.3 is 24.3 Å². The fraction of sp³-hybridized carbons (Fsp3) is 0.316. The first-order chi connectivity index (χ1) is 12.6. The molecule has 0 radical (unpaired) electrons. The minimum absolute atomic E-state index is 0.344. The van der Waals surface area contributed by atoms with Gasteiger partial charge in [-0.05, 0) is 19.1 Å². The van der Waals surface area contributed by atoms with Crippen molar-refractivity contribution in [3.05, 3.63) is 41.4 Å². The van der Waals surface area contributed by atoms with E-state index in [1.54, 1.807) is 31.2 Å². The molecule has 2 heterocycles. The molecule has 0 spiro atoms. The first kappa shape index (κ1) is 16.8. The SMILES string of the molecule is C[C@@H]1Oc2ccccc2O[C@H]1C(=O)Nc1cc2c(cc1Cl)OCCCO2. The molecule has 136 valence electrons. The molecule has 0 aromatic heterocycles. The number of rotatable bonds is 2. The Morgan fingerprint density at radius 3 is 2.42 bits per heavy atom. The second kappa shape index (κ2) is 6.96. The molecule has 1 N–H and O–H groups in total. The molecule has 2 aliphatic heterocycles. The molecule has 0 bridgehead atoms. The molecular formula is C19H18ClNO5. The van der Waals surface area contributed by atoms with Gasteiger partial charge in [0.25, 0.3) is 5.91 Å². The number of carbonyl (C=O) groups is 1. The van der Waals surface area contributed by atoms with Crippen molar-refractivity contribution in [3.8, 4) is 23.0 Å². The molecule has 2 atom stereocenters. The number of hydrogen-bond acceptors (Lipinski definition) is 5. The topological polar surface area (TPSA) is 66.0 Å². The lowest BCUT2D eigenvalue weighted by atomic mass is 10.1. The van der Waals surface area contributed by atoms with Crippen LogP contribution in [0.4, 0.5) is 5.69 Å². The maximum atomic E-state index is 12.7. The summed E-state index contributed by atoms with van der Waals surface area (Å²) in [6.45, 7) is 2.91. The third kappa shape index (κ3) is 3.24. The van der Waals surface area contributed by atoms with Crippen LogP contribution in [0.25, 0.3) is 0 Å². The van der Waals surface area contributed by atoms with Gasteiger partial charge in [0, 0.05) is 18.6 Å². The summed E-state index contributed by atoms with van der Waals surface area (Å²) < 4.78 is 22.8. The van der Waals surface area contributed by atoms with E-state index in [0.29, 0.717) is 46.9 Å². The molecule has 4 rings (SSSR count). The average Bonchev–Trinajstić information content (AvgIpc) is 2.86. The van der Waals surface area contributed by atoms with Gasteiger partial charge >= 0.3 is 0 Å². The van der Waals surface area contributed by atoms with Crippen LogP contribution in [0.15, 0.2) is 36.4 Å². The first-order valence-electron chi connectivity index (χ1n) is 8.44. The zero-order valence-corrected chi connectivity index (χ0v) is 14.9. The molecular weight excluding hydrogens is 358 g/mol. The van der Waals surface area contributed by atoms with Crippen LogP contribution in [-0.2, 0) is 4.79 Å². The zero-order valence-electron chi connectivity index (χ0n) is 14.2. The Morgan fingerprint density at radius 2 is 1.69 bits per heavy atom. The van der Waals surface area contributed by atoms with Crippen LogP contribution in [-0.4, -0.2) is 31.3 Å². The summed E-state index contributed by atoms with van der Waals surface area (Å²) in [5, 5.41) is 3.17. The van der Waals surface area contributed by atoms with Crippen molar-refractivity contribution in [3.63, 3.8) is 0 Å². The van der Waals surface area contributed by atoms with Crippen molar-refractivity contribution in [2.24, 2.45) is 0 Å². The Morgan fingerprint density at radius 1 is 1.04 bits per heavy atom. The first-order valence-corrected chi connectivity index (χ1v) is 8.82. The van der Waals surface area contributed by atoms with Crippen LogP contribution >= 0.6 is 11.6 Å². The van der Waals surface area contributed by atoms with Gasteiger partial charge in [0.2, 0.25) is 6.10 Å². The van der Waals surface area contributed by atoms with E-state index in [9.17, 15) is 4.79 Å². The summed E-state index contributed by atoms with van der Waals surface area (Å²) in [5.41, 5.74) is 0.440. The van der Waals surface area contributed by atoms with Crippen molar-refractivity contribution in [2.45, 2.75) is 25.6 Å². The van der Waals surface area contributed by atoms with Crippen LogP contribution in [0.1, 0.15) is 13.3 Å². The number of hydrogen-bond donors (Lipinski definition) is 1. The summed E-state index contributed by atoms with van der Waals surface area (Å²) in [6.07, 6.45) is -0.445. The number of ether oxygens (including phenoxy) is 4. The largest absolute Gasteiger partial charge is 0.490 e. The van der Waals surface area contributed by atoms with Crippen LogP contribution in [0.5, 0.6) is 23.0 Å². The van der Waals surface area contributed by atoms with E-state index in [-0.39, 0.29) is 5.91 Å². The van der Waals surface area contributed by atoms with E-state index in [4.69, 9.17) is 30.5 Å². The van der Waals surface area contributed by atoms with Gasteiger partial charge in [0.15, 0.2) is 23.0 Å². The van der Waals surface area contributed by atoms with Crippen molar-refractivity contribution in [2.75, 3.05) is 18.5 Å². The minimum atomic E-state index is -0.794. The van der Waals surface area contributed by atoms with E-state index >= 15 is 0 Å². The van der Waals surface area contributed by atoms with Crippen molar-refractivity contribution >= 4 is 23.2 Å². The van der Waals surface area contributed by atoms with Crippen molar-refractivity contribution in [1.29, 1.82) is 0 Å². The minimum Gasteiger partial charge on any atom is -0.490 e. The molecule has 0 unspecified atom stereocenters. The Hall–Kier alpha value is -2.60. The lowest BCUT2D eigenvalue weighted by Crippen LogP contribution is -2.46. The number of benzene rings is 2. The van der Waals surface area contributed by atoms with Gasteiger partial charge in [-0.2, -0.15) is 0 Å². The van der Waals surface area contributed by atoms with E-state index < -0.39 is 12.2 Å². The summed E-state index contributed by atoms with van der Waals surface area (Å²) in [5.74, 6) is 1.95. The quantitative estimate of drug-likeness (QED) is 0.867. The number of halogens is 1. The Bertz CT molecular complexity index is 841. The highest BCUT2D eigenvalue weighted by molar-refractivity contribution is 6.34. The molecule has 0 saturated heterocycles. The fourth-order valence-electron chi connectivity index (χ4n) is 2.89. The summed E-state index contributed by atoms with van der Waals surface area (Å²) in [7, 11) is 0. The number of fused-ring (bicyclic) bond motifs is 2. The summed E-state index contributed by atoms with van der Waals surface area (Å²) >= 11 is 6.29. The van der Waals surface area contributed by atoms with E-state index in [2.05, 4.69) is 5.32 Å². The Balaban J connectivity index is 1.54. The third-order valence-corrected chi connectivity index (χ3v) is 4.51. The second-order valence-electron chi connectivity index (χ2n) is 6.13. The van der Waals surface area contributed by atoms with Gasteiger partial charge in [0.1, 0.15) is 6.10 Å². The van der Waals surface area contributed by atoms with E-state index in [0.717, 1.165) is 6.42 Å². The predicted molar refractivity (Wildman–Crippen MR) is 96.6 cm³/mol. The van der Waals surface area contributed by atoms with Gasteiger partial charge in [-0.25, -0.2) is 0 Å². The highest BCUT2D eigenvalue weighted by Gasteiger charge is 2.34. The van der Waals surface area contributed by atoms with E-state index in [1.165, 1.54) is 0 Å². The smallest absolute Gasteiger partial charge is 0.269 e. The molecule has 1 amide bonds. The molecule has 0 aliphatic carbocycles. The maximum absolute atomic E-state index is 12.7. The molecule has 2 aromatic carbocycles. The lowest BCUT2D eigenvalue weighted by Gasteiger charge is -2.31. The Kier molecular flexibility index (Phi) is 4.51. The van der Waals surface area contributed by atoms with Crippen LogP contribution in [0.3, 0.4) is 0 Å². The van der Waals surface area contributed by atoms with Gasteiger partial charge in [-0.1, -0.05) is 23.7 Å². The molecule has 6 nitrogen and oxygen atoms in total. The highest BCUT2D eigenvalue weighted by Crippen LogP contribution is 2.38. The fourth-order valence-corrected chi connectivity index (χ4v) is 3.09. The van der Waals surface area contributed by atoms with Crippen molar-refractivity contribution in [1.82, 2.24) is 0 Å². The number of amides is 1. The molecule has 2 aliphatic rings. The highest BCUT2D eigenvalue weighted by atomic mass is 35.5. The summed E-state index contributed by atoms with van der Waals surface area (Å²) in [4.78, 5) is 12.7. The standard InChI is InChI=1S/C19H18ClNO5/c1-11-18(26-15-6-3-2-5-14(15)25-11)19(22)21-13-10-17-16(9-12(13)20)23-7-4-8-24-17/h2-3,5-6,9-11,18H,4,7-8H2,1H3,(H,21,22)/t11-,18+/m0/s1. The second-order valence-corrected chi connectivity index (χ2v) is 6.53. The predicted octanol–water partition coefficient (Wildman–Crippen LogP) is 3.67. The number of anilines is 1. The third-order valence-electron chi connectivity index (χ3n) is 4.20. The lowest BCUT2D eigenvalue weighted by molar-refractivity contribution is -0.128. The average molecular weight is 376 g/mol. The maximum Gasteiger partial charge on any atom is 0.269 e. The van der Waals surface area contributed by atoms with Gasteiger partial charge in [0.05, 0.1) is 23.9 Å². The molecule has 0 saturated carbocycles. The monoisotopic (exact) mass is 375 g/mol. The van der Waals surface area contributed by atoms with Gasteiger partial charge in [-0.15, -0.1) is 0 Å². The Labute approximate surface area is 156 Å². The zero-order chi connectivity index (χ0) is 18.1. The normalized spacial score (nSPS) is 20.8.